The number of nitrogens with two attached hydrogens (primary N) is 1. The summed E-state index contributed by atoms with van der Waals surface area (Å²) in [6.07, 6.45) is 4.31. The summed E-state index contributed by atoms with van der Waals surface area (Å²) in [5.41, 5.74) is 8.24. The van der Waals surface area contributed by atoms with Crippen LogP contribution in [0.2, 0.25) is 0 Å². The van der Waals surface area contributed by atoms with Crippen LogP contribution in [0.1, 0.15) is 43.1 Å². The molecule has 1 fully saturated rings. The van der Waals surface area contributed by atoms with Gasteiger partial charge in [0.15, 0.2) is 0 Å². The van der Waals surface area contributed by atoms with Gasteiger partial charge in [0.2, 0.25) is 11.7 Å². The zero-order chi connectivity index (χ0) is 13.2. The quantitative estimate of drug-likeness (QED) is 0.898. The van der Waals surface area contributed by atoms with Crippen molar-refractivity contribution >= 4 is 0 Å². The smallest absolute Gasteiger partial charge is 0.230 e. The van der Waals surface area contributed by atoms with Gasteiger partial charge in [0.25, 0.3) is 0 Å². The Kier molecular flexibility index (Phi) is 3.34. The van der Waals surface area contributed by atoms with E-state index in [1.54, 1.807) is 0 Å². The normalized spacial score (nSPS) is 23.5. The Hall–Kier alpha value is -1.68. The number of nitrogens with zero attached hydrogens (tertiary/aromatic N) is 2. The average molecular weight is 257 g/mol. The van der Waals surface area contributed by atoms with Gasteiger partial charge in [0.05, 0.1) is 0 Å². The maximum absolute atomic E-state index is 6.01. The lowest BCUT2D eigenvalue weighted by atomic mass is 9.86. The second-order valence-electron chi connectivity index (χ2n) is 5.45. The minimum Gasteiger partial charge on any atom is -0.339 e. The highest BCUT2D eigenvalue weighted by Gasteiger charge is 2.25. The molecule has 0 unspecified atom stereocenters. The van der Waals surface area contributed by atoms with Gasteiger partial charge in [0.1, 0.15) is 0 Å². The SMILES string of the molecule is Cc1ccc(-c2noc([C@@H]3CCC[C@@H](N)C3)n2)cc1. The van der Waals surface area contributed by atoms with Crippen molar-refractivity contribution in [2.24, 2.45) is 5.73 Å². The van der Waals surface area contributed by atoms with Crippen molar-refractivity contribution in [3.05, 3.63) is 35.7 Å². The van der Waals surface area contributed by atoms with Crippen molar-refractivity contribution in [3.8, 4) is 11.4 Å². The van der Waals surface area contributed by atoms with E-state index in [1.165, 1.54) is 5.56 Å². The third-order valence-corrected chi connectivity index (χ3v) is 3.82. The maximum atomic E-state index is 6.01. The average Bonchev–Trinajstić information content (AvgIpc) is 2.89. The molecule has 1 aliphatic rings. The minimum atomic E-state index is 0.272. The Labute approximate surface area is 113 Å². The van der Waals surface area contributed by atoms with Crippen LogP contribution < -0.4 is 5.73 Å². The molecule has 1 aliphatic carbocycles. The van der Waals surface area contributed by atoms with Gasteiger partial charge in [-0.15, -0.1) is 0 Å². The Morgan fingerprint density at radius 3 is 2.74 bits per heavy atom. The standard InChI is InChI=1S/C15H19N3O/c1-10-5-7-11(8-6-10)14-17-15(19-18-14)12-3-2-4-13(16)9-12/h5-8,12-13H,2-4,9,16H2,1H3/t12-,13-/m1/s1. The monoisotopic (exact) mass is 257 g/mol. The molecule has 2 aromatic rings. The first-order valence-corrected chi connectivity index (χ1v) is 6.88. The molecular formula is C15H19N3O. The fourth-order valence-electron chi connectivity index (χ4n) is 2.67. The third-order valence-electron chi connectivity index (χ3n) is 3.82. The molecule has 0 radical (unpaired) electrons. The fraction of sp³-hybridized carbons (Fsp3) is 0.467. The summed E-state index contributed by atoms with van der Waals surface area (Å²) >= 11 is 0. The molecule has 4 nitrogen and oxygen atoms in total. The summed E-state index contributed by atoms with van der Waals surface area (Å²) < 4.78 is 5.42. The first-order chi connectivity index (χ1) is 9.22. The van der Waals surface area contributed by atoms with Gasteiger partial charge >= 0.3 is 0 Å². The van der Waals surface area contributed by atoms with Crippen LogP contribution in [0.25, 0.3) is 11.4 Å². The van der Waals surface area contributed by atoms with Crippen LogP contribution in [-0.2, 0) is 0 Å². The van der Waals surface area contributed by atoms with Crippen molar-refractivity contribution in [2.45, 2.75) is 44.6 Å². The fourth-order valence-corrected chi connectivity index (χ4v) is 2.67. The molecule has 1 aromatic carbocycles. The number of hydrogen-bond acceptors (Lipinski definition) is 4. The molecule has 3 rings (SSSR count). The van der Waals surface area contributed by atoms with Gasteiger partial charge in [-0.05, 0) is 26.2 Å². The van der Waals surface area contributed by atoms with Crippen molar-refractivity contribution in [3.63, 3.8) is 0 Å². The van der Waals surface area contributed by atoms with E-state index < -0.39 is 0 Å². The summed E-state index contributed by atoms with van der Waals surface area (Å²) in [6, 6.07) is 8.44. The summed E-state index contributed by atoms with van der Waals surface area (Å²) in [6.45, 7) is 2.06. The highest BCUT2D eigenvalue weighted by atomic mass is 16.5. The van der Waals surface area contributed by atoms with Gasteiger partial charge in [-0.25, -0.2) is 0 Å². The lowest BCUT2D eigenvalue weighted by Gasteiger charge is -2.23. The Bertz CT molecular complexity index is 547. The predicted octanol–water partition coefficient (Wildman–Crippen LogP) is 3.03. The molecular weight excluding hydrogens is 238 g/mol. The van der Waals surface area contributed by atoms with Crippen LogP contribution in [0, 0.1) is 6.92 Å². The molecule has 1 saturated carbocycles. The second-order valence-corrected chi connectivity index (χ2v) is 5.45. The Morgan fingerprint density at radius 2 is 2.00 bits per heavy atom. The molecule has 0 saturated heterocycles. The lowest BCUT2D eigenvalue weighted by Crippen LogP contribution is -2.26. The highest BCUT2D eigenvalue weighted by molar-refractivity contribution is 5.54. The molecule has 19 heavy (non-hydrogen) atoms. The molecule has 4 heteroatoms. The molecule has 0 bridgehead atoms. The zero-order valence-corrected chi connectivity index (χ0v) is 11.2. The minimum absolute atomic E-state index is 0.272. The maximum Gasteiger partial charge on any atom is 0.230 e. The van der Waals surface area contributed by atoms with E-state index in [9.17, 15) is 0 Å². The van der Waals surface area contributed by atoms with Crippen LogP contribution in [0.4, 0.5) is 0 Å². The first-order valence-electron chi connectivity index (χ1n) is 6.88. The Balaban J connectivity index is 1.81. The first kappa shape index (κ1) is 12.4. The van der Waals surface area contributed by atoms with E-state index in [-0.39, 0.29) is 6.04 Å². The van der Waals surface area contributed by atoms with E-state index in [0.717, 1.165) is 37.1 Å². The molecule has 1 aromatic heterocycles. The van der Waals surface area contributed by atoms with Crippen molar-refractivity contribution in [2.75, 3.05) is 0 Å². The van der Waals surface area contributed by atoms with Gasteiger partial charge in [-0.1, -0.05) is 41.4 Å². The highest BCUT2D eigenvalue weighted by Crippen LogP contribution is 2.32. The van der Waals surface area contributed by atoms with Crippen molar-refractivity contribution in [1.82, 2.24) is 10.1 Å². The molecule has 0 amide bonds. The van der Waals surface area contributed by atoms with Crippen LogP contribution in [0.5, 0.6) is 0 Å². The van der Waals surface area contributed by atoms with Crippen LogP contribution >= 0.6 is 0 Å². The summed E-state index contributed by atoms with van der Waals surface area (Å²) in [4.78, 5) is 4.53. The van der Waals surface area contributed by atoms with E-state index >= 15 is 0 Å². The van der Waals surface area contributed by atoms with Gasteiger partial charge < -0.3 is 10.3 Å². The van der Waals surface area contributed by atoms with E-state index in [2.05, 4.69) is 29.2 Å². The van der Waals surface area contributed by atoms with Gasteiger partial charge in [0, 0.05) is 17.5 Å². The van der Waals surface area contributed by atoms with Gasteiger partial charge in [-0.3, -0.25) is 0 Å². The summed E-state index contributed by atoms with van der Waals surface area (Å²) in [7, 11) is 0. The van der Waals surface area contributed by atoms with Crippen molar-refractivity contribution < 1.29 is 4.52 Å². The molecule has 2 N–H and O–H groups in total. The molecule has 0 spiro atoms. The summed E-state index contributed by atoms with van der Waals surface area (Å²) in [5, 5.41) is 4.09. The molecule has 0 aliphatic heterocycles. The largest absolute Gasteiger partial charge is 0.339 e. The number of benzene rings is 1. The van der Waals surface area contributed by atoms with E-state index in [0.29, 0.717) is 11.7 Å². The lowest BCUT2D eigenvalue weighted by molar-refractivity contribution is 0.299. The van der Waals surface area contributed by atoms with Crippen LogP contribution in [-0.4, -0.2) is 16.2 Å². The molecule has 100 valence electrons. The van der Waals surface area contributed by atoms with E-state index in [1.807, 2.05) is 12.1 Å². The van der Waals surface area contributed by atoms with E-state index in [4.69, 9.17) is 10.3 Å². The van der Waals surface area contributed by atoms with Crippen LogP contribution in [0.3, 0.4) is 0 Å². The molecule has 1 heterocycles. The van der Waals surface area contributed by atoms with Crippen molar-refractivity contribution in [1.29, 1.82) is 0 Å². The number of aryl methyl sites for hydroxylation is 1. The second kappa shape index (κ2) is 5.13. The molecule has 2 atom stereocenters. The third kappa shape index (κ3) is 2.68. The van der Waals surface area contributed by atoms with Gasteiger partial charge in [-0.2, -0.15) is 4.98 Å². The number of hydrogen-bond donors (Lipinski definition) is 1. The Morgan fingerprint density at radius 1 is 1.21 bits per heavy atom. The zero-order valence-electron chi connectivity index (χ0n) is 11.2. The van der Waals surface area contributed by atoms with Crippen LogP contribution in [0.15, 0.2) is 28.8 Å². The number of rotatable bonds is 2. The number of aromatic nitrogens is 2. The predicted molar refractivity (Wildman–Crippen MR) is 73.7 cm³/mol. The summed E-state index contributed by atoms with van der Waals surface area (Å²) in [5.74, 6) is 1.75. The topological polar surface area (TPSA) is 64.9 Å².